The fourth-order valence-corrected chi connectivity index (χ4v) is 2.42. The highest BCUT2D eigenvalue weighted by atomic mass is 16.5. The summed E-state index contributed by atoms with van der Waals surface area (Å²) in [4.78, 5) is 11.7. The lowest BCUT2D eigenvalue weighted by molar-refractivity contribution is 0.481. The quantitative estimate of drug-likeness (QED) is 0.797. The molecule has 5 nitrogen and oxygen atoms in total. The highest BCUT2D eigenvalue weighted by molar-refractivity contribution is 5.40. The van der Waals surface area contributed by atoms with Crippen LogP contribution in [0.3, 0.4) is 0 Å². The zero-order valence-electron chi connectivity index (χ0n) is 13.4. The van der Waals surface area contributed by atoms with E-state index in [1.165, 1.54) is 10.1 Å². The molecule has 1 N–H and O–H groups in total. The van der Waals surface area contributed by atoms with Crippen molar-refractivity contribution >= 4 is 0 Å². The van der Waals surface area contributed by atoms with Crippen molar-refractivity contribution in [3.05, 3.63) is 70.4 Å². The van der Waals surface area contributed by atoms with Crippen molar-refractivity contribution < 1.29 is 4.74 Å². The molecular weight excluding hydrogens is 290 g/mol. The van der Waals surface area contributed by atoms with Crippen LogP contribution in [-0.4, -0.2) is 14.8 Å². The minimum atomic E-state index is -0.249. The molecule has 3 rings (SSSR count). The topological polar surface area (TPSA) is 59.9 Å². The first-order valence-corrected chi connectivity index (χ1v) is 7.57. The Labute approximate surface area is 134 Å². The predicted octanol–water partition coefficient (Wildman–Crippen LogP) is 3.78. The number of aryl methyl sites for hydroxylation is 1. The zero-order valence-corrected chi connectivity index (χ0v) is 13.4. The first-order valence-electron chi connectivity index (χ1n) is 7.57. The summed E-state index contributed by atoms with van der Waals surface area (Å²) in [5.41, 5.74) is 1.74. The van der Waals surface area contributed by atoms with Gasteiger partial charge in [0, 0.05) is 0 Å². The molecule has 0 atom stereocenters. The van der Waals surface area contributed by atoms with Crippen LogP contribution < -0.4 is 10.4 Å². The van der Waals surface area contributed by atoms with Gasteiger partial charge in [-0.2, -0.15) is 5.10 Å². The monoisotopic (exact) mass is 309 g/mol. The van der Waals surface area contributed by atoms with Gasteiger partial charge in [0.2, 0.25) is 0 Å². The van der Waals surface area contributed by atoms with Gasteiger partial charge in [-0.25, -0.2) is 14.5 Å². The first kappa shape index (κ1) is 15.1. The largest absolute Gasteiger partial charge is 0.457 e. The lowest BCUT2D eigenvalue weighted by Crippen LogP contribution is -2.15. The molecular formula is C18H19N3O2. The van der Waals surface area contributed by atoms with E-state index in [1.54, 1.807) is 6.92 Å². The van der Waals surface area contributed by atoms with Gasteiger partial charge in [0.05, 0.1) is 5.69 Å². The fraction of sp³-hybridized carbons (Fsp3) is 0.222. The SMILES string of the molecule is Cc1n[nH]c(=O)n1-c1ccc(Oc2cccc(C(C)C)c2)cc1. The van der Waals surface area contributed by atoms with Crippen LogP contribution in [0.15, 0.2) is 53.3 Å². The van der Waals surface area contributed by atoms with E-state index in [2.05, 4.69) is 30.1 Å². The van der Waals surface area contributed by atoms with Crippen molar-refractivity contribution in [1.29, 1.82) is 0 Å². The second kappa shape index (κ2) is 6.12. The molecule has 0 radical (unpaired) electrons. The molecule has 0 saturated carbocycles. The van der Waals surface area contributed by atoms with Crippen LogP contribution >= 0.6 is 0 Å². The molecule has 0 saturated heterocycles. The highest BCUT2D eigenvalue weighted by Gasteiger charge is 2.07. The van der Waals surface area contributed by atoms with Gasteiger partial charge < -0.3 is 4.74 Å². The summed E-state index contributed by atoms with van der Waals surface area (Å²) in [6.45, 7) is 6.08. The Kier molecular flexibility index (Phi) is 4.02. The average molecular weight is 309 g/mol. The summed E-state index contributed by atoms with van der Waals surface area (Å²) in [7, 11) is 0. The van der Waals surface area contributed by atoms with E-state index in [4.69, 9.17) is 4.74 Å². The summed E-state index contributed by atoms with van der Waals surface area (Å²) < 4.78 is 7.41. The molecule has 0 fully saturated rings. The van der Waals surface area contributed by atoms with Gasteiger partial charge >= 0.3 is 5.69 Å². The van der Waals surface area contributed by atoms with Crippen molar-refractivity contribution in [2.75, 3.05) is 0 Å². The molecule has 3 aromatic rings. The minimum Gasteiger partial charge on any atom is -0.457 e. The maximum absolute atomic E-state index is 11.7. The van der Waals surface area contributed by atoms with Crippen molar-refractivity contribution in [2.45, 2.75) is 26.7 Å². The van der Waals surface area contributed by atoms with Crippen LogP contribution in [-0.2, 0) is 0 Å². The summed E-state index contributed by atoms with van der Waals surface area (Å²) in [5.74, 6) is 2.61. The Morgan fingerprint density at radius 2 is 1.83 bits per heavy atom. The number of rotatable bonds is 4. The van der Waals surface area contributed by atoms with E-state index >= 15 is 0 Å². The second-order valence-electron chi connectivity index (χ2n) is 5.73. The molecule has 5 heteroatoms. The van der Waals surface area contributed by atoms with Crippen LogP contribution in [0, 0.1) is 6.92 Å². The third kappa shape index (κ3) is 3.18. The number of nitrogens with zero attached hydrogens (tertiary/aromatic N) is 2. The Balaban J connectivity index is 1.83. The number of hydrogen-bond donors (Lipinski definition) is 1. The van der Waals surface area contributed by atoms with Gasteiger partial charge in [-0.3, -0.25) is 0 Å². The van der Waals surface area contributed by atoms with Crippen LogP contribution in [0.1, 0.15) is 31.2 Å². The summed E-state index contributed by atoms with van der Waals surface area (Å²) >= 11 is 0. The lowest BCUT2D eigenvalue weighted by atomic mass is 10.0. The molecule has 23 heavy (non-hydrogen) atoms. The van der Waals surface area contributed by atoms with E-state index in [-0.39, 0.29) is 5.69 Å². The van der Waals surface area contributed by atoms with Gasteiger partial charge in [0.15, 0.2) is 0 Å². The van der Waals surface area contributed by atoms with Gasteiger partial charge in [-0.1, -0.05) is 26.0 Å². The predicted molar refractivity (Wildman–Crippen MR) is 89.5 cm³/mol. The normalized spacial score (nSPS) is 11.0. The highest BCUT2D eigenvalue weighted by Crippen LogP contribution is 2.25. The number of ether oxygens (including phenoxy) is 1. The Hall–Kier alpha value is -2.82. The van der Waals surface area contributed by atoms with Gasteiger partial charge in [-0.15, -0.1) is 0 Å². The number of H-pyrrole nitrogens is 1. The summed E-state index contributed by atoms with van der Waals surface area (Å²) in [5, 5.41) is 6.34. The summed E-state index contributed by atoms with van der Waals surface area (Å²) in [6, 6.07) is 15.4. The number of benzene rings is 2. The molecule has 0 unspecified atom stereocenters. The number of aromatic amines is 1. The first-order chi connectivity index (χ1) is 11.0. The van der Waals surface area contributed by atoms with Gasteiger partial charge in [0.25, 0.3) is 0 Å². The summed E-state index contributed by atoms with van der Waals surface area (Å²) in [6.07, 6.45) is 0. The van der Waals surface area contributed by atoms with Gasteiger partial charge in [0.1, 0.15) is 17.3 Å². The standard InChI is InChI=1S/C18H19N3O2/c1-12(2)14-5-4-6-17(11-14)23-16-9-7-15(8-10-16)21-13(3)19-20-18(21)22/h4-12H,1-3H3,(H,20,22). The number of aromatic nitrogens is 3. The van der Waals surface area contributed by atoms with E-state index in [0.29, 0.717) is 11.7 Å². The van der Waals surface area contributed by atoms with Crippen molar-refractivity contribution in [3.8, 4) is 17.2 Å². The van der Waals surface area contributed by atoms with Crippen LogP contribution in [0.4, 0.5) is 0 Å². The third-order valence-electron chi connectivity index (χ3n) is 3.70. The molecule has 0 aliphatic heterocycles. The molecule has 0 aliphatic carbocycles. The maximum Gasteiger partial charge on any atom is 0.347 e. The molecule has 0 spiro atoms. The molecule has 118 valence electrons. The van der Waals surface area contributed by atoms with Crippen LogP contribution in [0.25, 0.3) is 5.69 Å². The van der Waals surface area contributed by atoms with Gasteiger partial charge in [-0.05, 0) is 54.8 Å². The maximum atomic E-state index is 11.7. The van der Waals surface area contributed by atoms with E-state index < -0.39 is 0 Å². The lowest BCUT2D eigenvalue weighted by Gasteiger charge is -2.10. The average Bonchev–Trinajstić information content (AvgIpc) is 2.87. The van der Waals surface area contributed by atoms with E-state index in [1.807, 2.05) is 42.5 Å². The van der Waals surface area contributed by atoms with Crippen molar-refractivity contribution in [1.82, 2.24) is 14.8 Å². The zero-order chi connectivity index (χ0) is 16.4. The molecule has 0 bridgehead atoms. The number of nitrogens with one attached hydrogen (secondary N) is 1. The molecule has 0 amide bonds. The molecule has 1 aromatic heterocycles. The Bertz CT molecular complexity index is 860. The van der Waals surface area contributed by atoms with Crippen molar-refractivity contribution in [2.24, 2.45) is 0 Å². The number of hydrogen-bond acceptors (Lipinski definition) is 3. The Morgan fingerprint density at radius 1 is 1.09 bits per heavy atom. The molecule has 0 aliphatic rings. The fourth-order valence-electron chi connectivity index (χ4n) is 2.42. The minimum absolute atomic E-state index is 0.249. The second-order valence-corrected chi connectivity index (χ2v) is 5.73. The molecule has 1 heterocycles. The molecule has 2 aromatic carbocycles. The third-order valence-corrected chi connectivity index (χ3v) is 3.70. The van der Waals surface area contributed by atoms with Crippen molar-refractivity contribution in [3.63, 3.8) is 0 Å². The van der Waals surface area contributed by atoms with Crippen LogP contribution in [0.2, 0.25) is 0 Å². The van der Waals surface area contributed by atoms with E-state index in [9.17, 15) is 4.79 Å². The van der Waals surface area contributed by atoms with Crippen LogP contribution in [0.5, 0.6) is 11.5 Å². The Morgan fingerprint density at radius 3 is 2.43 bits per heavy atom. The van der Waals surface area contributed by atoms with E-state index in [0.717, 1.165) is 17.2 Å². The smallest absolute Gasteiger partial charge is 0.347 e.